The molecule has 2 unspecified atom stereocenters. The van der Waals surface area contributed by atoms with Crippen LogP contribution < -0.4 is 0 Å². The van der Waals surface area contributed by atoms with Crippen LogP contribution in [0.4, 0.5) is 0 Å². The van der Waals surface area contributed by atoms with E-state index in [1.807, 2.05) is 0 Å². The highest BCUT2D eigenvalue weighted by Crippen LogP contribution is 2.74. The molecule has 0 saturated heterocycles. The van der Waals surface area contributed by atoms with Gasteiger partial charge in [-0.1, -0.05) is 103 Å². The number of hydrogen-bond acceptors (Lipinski definition) is 1. The van der Waals surface area contributed by atoms with Gasteiger partial charge in [0.1, 0.15) is 0 Å². The van der Waals surface area contributed by atoms with Crippen molar-refractivity contribution in [3.8, 4) is 0 Å². The van der Waals surface area contributed by atoms with Crippen LogP contribution >= 0.6 is 0 Å². The minimum Gasteiger partial charge on any atom is -0.338 e. The molecule has 3 aromatic carbocycles. The normalized spacial score (nSPS) is 25.1. The maximum absolute atomic E-state index is 4.64. The molecular formula is C42H40N2. The third kappa shape index (κ3) is 3.86. The quantitative estimate of drug-likeness (QED) is 0.216. The summed E-state index contributed by atoms with van der Waals surface area (Å²) in [5.41, 5.74) is 12.7. The second kappa shape index (κ2) is 9.99. The van der Waals surface area contributed by atoms with Crippen molar-refractivity contribution < 1.29 is 0 Å². The summed E-state index contributed by atoms with van der Waals surface area (Å²) in [6.07, 6.45) is 25.0. The van der Waals surface area contributed by atoms with Crippen molar-refractivity contribution in [3.05, 3.63) is 156 Å². The Morgan fingerprint density at radius 1 is 0.864 bits per heavy atom. The van der Waals surface area contributed by atoms with E-state index < -0.39 is 0 Å². The molecule has 2 nitrogen and oxygen atoms in total. The fourth-order valence-electron chi connectivity index (χ4n) is 8.38. The van der Waals surface area contributed by atoms with Crippen LogP contribution in [0.25, 0.3) is 33.1 Å². The number of hydrogen-bond donors (Lipinski definition) is 0. The van der Waals surface area contributed by atoms with Crippen molar-refractivity contribution in [2.45, 2.75) is 58.4 Å². The van der Waals surface area contributed by atoms with Crippen molar-refractivity contribution >= 4 is 33.1 Å². The molecule has 8 rings (SSSR count). The smallest absolute Gasteiger partial charge is 0.0775 e. The van der Waals surface area contributed by atoms with Gasteiger partial charge >= 0.3 is 0 Å². The molecule has 218 valence electrons. The van der Waals surface area contributed by atoms with Gasteiger partial charge in [0.2, 0.25) is 0 Å². The van der Waals surface area contributed by atoms with Gasteiger partial charge < -0.3 is 9.47 Å². The summed E-state index contributed by atoms with van der Waals surface area (Å²) in [4.78, 5) is 2.71. The van der Waals surface area contributed by atoms with Crippen molar-refractivity contribution in [2.75, 3.05) is 0 Å². The van der Waals surface area contributed by atoms with Gasteiger partial charge in [-0.3, -0.25) is 0 Å². The molecule has 0 bridgehead atoms. The average Bonchev–Trinajstić information content (AvgIpc) is 3.51. The highest BCUT2D eigenvalue weighted by atomic mass is 15.3. The van der Waals surface area contributed by atoms with Crippen molar-refractivity contribution in [2.24, 2.45) is 5.41 Å². The number of nitrogens with zero attached hydrogens (tertiary/aromatic N) is 2. The summed E-state index contributed by atoms with van der Waals surface area (Å²) in [6, 6.07) is 24.3. The molecule has 3 aliphatic carbocycles. The third-order valence-electron chi connectivity index (χ3n) is 10.4. The van der Waals surface area contributed by atoms with E-state index in [1.165, 1.54) is 74.7 Å². The van der Waals surface area contributed by atoms with Gasteiger partial charge in [0.05, 0.1) is 16.6 Å². The summed E-state index contributed by atoms with van der Waals surface area (Å²) < 4.78 is 2.45. The number of allylic oxidation sites excluding steroid dienone is 10. The molecule has 2 heteroatoms. The molecule has 1 aliphatic heterocycles. The molecule has 1 fully saturated rings. The number of fused-ring (bicyclic) bond motifs is 3. The molecule has 0 radical (unpaired) electrons. The van der Waals surface area contributed by atoms with E-state index >= 15 is 0 Å². The maximum atomic E-state index is 4.64. The van der Waals surface area contributed by atoms with Gasteiger partial charge in [0, 0.05) is 33.3 Å². The summed E-state index contributed by atoms with van der Waals surface area (Å²) >= 11 is 0. The monoisotopic (exact) mass is 572 g/mol. The van der Waals surface area contributed by atoms with E-state index in [2.05, 4.69) is 152 Å². The standard InChI is InChI=1S/C42H40N2/c1-29-21-22-30(2)36(25-29)31(3)26-33(43-38-18-11-9-15-34(38)35-16-10-12-19-39(35)43)27-32(4)44-40-20-8-6-5-7-17-37(40)41-23-13-14-24-42(41,44)28-41/h7,9-19,21-27H,3,5-6,8,20,28H2,1-2,4H3/b17-7-,32-27+,33-26+. The Hall–Kier alpha value is -4.56. The lowest BCUT2D eigenvalue weighted by molar-refractivity contribution is 0.330. The molecule has 2 heterocycles. The Balaban J connectivity index is 1.35. The first kappa shape index (κ1) is 27.0. The minimum absolute atomic E-state index is 0.00223. The molecule has 4 aliphatic rings. The Labute approximate surface area is 261 Å². The van der Waals surface area contributed by atoms with E-state index in [4.69, 9.17) is 0 Å². The maximum Gasteiger partial charge on any atom is 0.0775 e. The summed E-state index contributed by atoms with van der Waals surface area (Å²) in [5.74, 6) is 0. The van der Waals surface area contributed by atoms with Crippen LogP contribution in [0.15, 0.2) is 139 Å². The fourth-order valence-corrected chi connectivity index (χ4v) is 8.38. The van der Waals surface area contributed by atoms with Gasteiger partial charge in [0.25, 0.3) is 0 Å². The molecule has 4 aromatic rings. The lowest BCUT2D eigenvalue weighted by Gasteiger charge is -2.34. The van der Waals surface area contributed by atoms with Gasteiger partial charge in [-0.2, -0.15) is 0 Å². The zero-order chi connectivity index (χ0) is 30.1. The molecule has 1 aromatic heterocycles. The van der Waals surface area contributed by atoms with E-state index in [1.54, 1.807) is 0 Å². The van der Waals surface area contributed by atoms with Crippen molar-refractivity contribution in [1.29, 1.82) is 0 Å². The van der Waals surface area contributed by atoms with Crippen LogP contribution in [0.2, 0.25) is 0 Å². The average molecular weight is 573 g/mol. The largest absolute Gasteiger partial charge is 0.338 e. The predicted molar refractivity (Wildman–Crippen MR) is 187 cm³/mol. The van der Waals surface area contributed by atoms with E-state index in [9.17, 15) is 0 Å². The highest BCUT2D eigenvalue weighted by molar-refractivity contribution is 6.10. The SMILES string of the molecule is C=C(/C=C(\C=C(/C)N1C2=C(/C=C\CCCC2)C23C=CC=CC12C3)n1c2ccccc2c2ccccc21)c1cc(C)ccc1C. The van der Waals surface area contributed by atoms with Crippen molar-refractivity contribution in [1.82, 2.24) is 9.47 Å². The topological polar surface area (TPSA) is 8.17 Å². The molecule has 44 heavy (non-hydrogen) atoms. The highest BCUT2D eigenvalue weighted by Gasteiger charge is 2.74. The summed E-state index contributed by atoms with van der Waals surface area (Å²) in [5, 5.41) is 2.54. The molecule has 0 spiro atoms. The number of para-hydroxylation sites is 2. The third-order valence-corrected chi connectivity index (χ3v) is 10.4. The minimum atomic E-state index is -0.00223. The van der Waals surface area contributed by atoms with E-state index in [0.29, 0.717) is 0 Å². The molecule has 1 saturated carbocycles. The number of benzene rings is 3. The van der Waals surface area contributed by atoms with E-state index in [0.717, 1.165) is 24.1 Å². The Morgan fingerprint density at radius 2 is 1.59 bits per heavy atom. The van der Waals surface area contributed by atoms with Gasteiger partial charge in [-0.15, -0.1) is 0 Å². The molecule has 2 atom stereocenters. The van der Waals surface area contributed by atoms with Crippen LogP contribution in [0, 0.1) is 19.3 Å². The Kier molecular flexibility index (Phi) is 6.14. The van der Waals surface area contributed by atoms with Crippen LogP contribution in [0.5, 0.6) is 0 Å². The zero-order valence-electron chi connectivity index (χ0n) is 26.1. The van der Waals surface area contributed by atoms with Crippen molar-refractivity contribution in [3.63, 3.8) is 0 Å². The van der Waals surface area contributed by atoms with E-state index in [-0.39, 0.29) is 11.0 Å². The first-order valence-corrected chi connectivity index (χ1v) is 16.2. The van der Waals surface area contributed by atoms with Crippen LogP contribution in [-0.4, -0.2) is 15.0 Å². The lowest BCUT2D eigenvalue weighted by atomic mass is 9.87. The molecule has 0 amide bonds. The van der Waals surface area contributed by atoms with Gasteiger partial charge in [-0.25, -0.2) is 0 Å². The first-order valence-electron chi connectivity index (χ1n) is 16.2. The Morgan fingerprint density at radius 3 is 2.36 bits per heavy atom. The fraction of sp³-hybridized carbons (Fsp3) is 0.238. The lowest BCUT2D eigenvalue weighted by Crippen LogP contribution is -2.34. The molecular weight excluding hydrogens is 532 g/mol. The first-order chi connectivity index (χ1) is 21.4. The van der Waals surface area contributed by atoms with Crippen LogP contribution in [-0.2, 0) is 0 Å². The van der Waals surface area contributed by atoms with Crippen LogP contribution in [0.1, 0.15) is 55.7 Å². The van der Waals surface area contributed by atoms with Gasteiger partial charge in [-0.05, 0) is 99.4 Å². The molecule has 0 N–H and O–H groups in total. The Bertz CT molecular complexity index is 2000. The predicted octanol–water partition coefficient (Wildman–Crippen LogP) is 10.8. The summed E-state index contributed by atoms with van der Waals surface area (Å²) in [7, 11) is 0. The second-order valence-corrected chi connectivity index (χ2v) is 13.2. The zero-order valence-corrected chi connectivity index (χ0v) is 26.1. The van der Waals surface area contributed by atoms with Gasteiger partial charge in [0.15, 0.2) is 0 Å². The van der Waals surface area contributed by atoms with Crippen LogP contribution in [0.3, 0.4) is 0 Å². The summed E-state index contributed by atoms with van der Waals surface area (Å²) in [6.45, 7) is 11.3. The number of aromatic nitrogens is 1. The number of rotatable bonds is 5. The second-order valence-electron chi connectivity index (χ2n) is 13.2. The number of aryl methyl sites for hydroxylation is 2.